The van der Waals surface area contributed by atoms with Gasteiger partial charge in [0.1, 0.15) is 11.6 Å². The molecule has 0 aliphatic heterocycles. The van der Waals surface area contributed by atoms with Crippen LogP contribution in [0.3, 0.4) is 0 Å². The zero-order chi connectivity index (χ0) is 12.3. The Bertz CT molecular complexity index is 364. The zero-order valence-corrected chi connectivity index (χ0v) is 9.63. The van der Waals surface area contributed by atoms with Crippen molar-refractivity contribution in [2.75, 3.05) is 6.54 Å². The van der Waals surface area contributed by atoms with E-state index in [2.05, 4.69) is 0 Å². The molecule has 0 aliphatic rings. The summed E-state index contributed by atoms with van der Waals surface area (Å²) in [5, 5.41) is 0. The Hall–Kier alpha value is -1.00. The van der Waals surface area contributed by atoms with Gasteiger partial charge in [-0.1, -0.05) is 13.8 Å². The fourth-order valence-electron chi connectivity index (χ4n) is 1.70. The van der Waals surface area contributed by atoms with E-state index in [-0.39, 0.29) is 11.0 Å². The van der Waals surface area contributed by atoms with Crippen LogP contribution < -0.4 is 11.5 Å². The molecule has 0 fully saturated rings. The highest BCUT2D eigenvalue weighted by molar-refractivity contribution is 5.23. The molecule has 90 valence electrons. The van der Waals surface area contributed by atoms with Crippen LogP contribution in [0.25, 0.3) is 0 Å². The summed E-state index contributed by atoms with van der Waals surface area (Å²) in [6, 6.07) is 2.77. The highest BCUT2D eigenvalue weighted by Crippen LogP contribution is 2.35. The molecule has 1 unspecified atom stereocenters. The van der Waals surface area contributed by atoms with Crippen molar-refractivity contribution in [2.24, 2.45) is 16.9 Å². The average molecular weight is 228 g/mol. The SMILES string of the molecule is CC(C)(CCN)C(N)c1cc(F)ccc1F. The first-order valence-electron chi connectivity index (χ1n) is 5.29. The van der Waals surface area contributed by atoms with Crippen LogP contribution >= 0.6 is 0 Å². The van der Waals surface area contributed by atoms with E-state index in [1.54, 1.807) is 0 Å². The minimum absolute atomic E-state index is 0.207. The van der Waals surface area contributed by atoms with Crippen LogP contribution in [0.4, 0.5) is 8.78 Å². The summed E-state index contributed by atoms with van der Waals surface area (Å²) in [5.74, 6) is -0.950. The predicted molar refractivity (Wildman–Crippen MR) is 60.7 cm³/mol. The summed E-state index contributed by atoms with van der Waals surface area (Å²) in [4.78, 5) is 0. The molecule has 0 saturated heterocycles. The van der Waals surface area contributed by atoms with Crippen LogP contribution in [0.1, 0.15) is 31.9 Å². The number of benzene rings is 1. The number of nitrogens with two attached hydrogens (primary N) is 2. The third kappa shape index (κ3) is 2.77. The molecule has 4 N–H and O–H groups in total. The highest BCUT2D eigenvalue weighted by atomic mass is 19.1. The number of hydrogen-bond acceptors (Lipinski definition) is 2. The maximum Gasteiger partial charge on any atom is 0.128 e. The van der Waals surface area contributed by atoms with Crippen molar-refractivity contribution < 1.29 is 8.78 Å². The van der Waals surface area contributed by atoms with E-state index in [0.29, 0.717) is 13.0 Å². The normalized spacial score (nSPS) is 13.9. The van der Waals surface area contributed by atoms with Gasteiger partial charge in [0.05, 0.1) is 0 Å². The van der Waals surface area contributed by atoms with Crippen molar-refractivity contribution in [1.82, 2.24) is 0 Å². The van der Waals surface area contributed by atoms with E-state index in [1.807, 2.05) is 13.8 Å². The van der Waals surface area contributed by atoms with Gasteiger partial charge in [-0.15, -0.1) is 0 Å². The second-order valence-corrected chi connectivity index (χ2v) is 4.67. The van der Waals surface area contributed by atoms with Crippen molar-refractivity contribution in [3.05, 3.63) is 35.4 Å². The first kappa shape index (κ1) is 13.1. The third-order valence-corrected chi connectivity index (χ3v) is 2.92. The first-order chi connectivity index (χ1) is 7.38. The molecule has 1 aromatic carbocycles. The molecule has 1 aromatic rings. The Morgan fingerprint density at radius 2 is 1.94 bits per heavy atom. The molecule has 0 saturated carbocycles. The lowest BCUT2D eigenvalue weighted by Crippen LogP contribution is -2.32. The Morgan fingerprint density at radius 3 is 2.50 bits per heavy atom. The van der Waals surface area contributed by atoms with E-state index in [9.17, 15) is 8.78 Å². The van der Waals surface area contributed by atoms with Crippen molar-refractivity contribution in [3.63, 3.8) is 0 Å². The van der Waals surface area contributed by atoms with Gasteiger partial charge >= 0.3 is 0 Å². The lowest BCUT2D eigenvalue weighted by molar-refractivity contribution is 0.265. The molecule has 2 nitrogen and oxygen atoms in total. The number of hydrogen-bond donors (Lipinski definition) is 2. The van der Waals surface area contributed by atoms with Crippen LogP contribution in [-0.2, 0) is 0 Å². The highest BCUT2D eigenvalue weighted by Gasteiger charge is 2.29. The van der Waals surface area contributed by atoms with Gasteiger partial charge in [0.2, 0.25) is 0 Å². The van der Waals surface area contributed by atoms with Crippen molar-refractivity contribution in [1.29, 1.82) is 0 Å². The Balaban J connectivity index is 3.03. The van der Waals surface area contributed by atoms with Gasteiger partial charge in [-0.2, -0.15) is 0 Å². The summed E-state index contributed by atoms with van der Waals surface area (Å²) in [7, 11) is 0. The van der Waals surface area contributed by atoms with Crippen molar-refractivity contribution in [2.45, 2.75) is 26.3 Å². The standard InChI is InChI=1S/C12H18F2N2/c1-12(2,5-6-15)11(16)9-7-8(13)3-4-10(9)14/h3-4,7,11H,5-6,15-16H2,1-2H3. The van der Waals surface area contributed by atoms with Gasteiger partial charge in [-0.3, -0.25) is 0 Å². The van der Waals surface area contributed by atoms with Crippen LogP contribution in [0.15, 0.2) is 18.2 Å². The Labute approximate surface area is 94.6 Å². The molecule has 0 spiro atoms. The Morgan fingerprint density at radius 1 is 1.31 bits per heavy atom. The van der Waals surface area contributed by atoms with Gasteiger partial charge in [0, 0.05) is 11.6 Å². The molecule has 1 rings (SSSR count). The molecule has 0 bridgehead atoms. The third-order valence-electron chi connectivity index (χ3n) is 2.92. The smallest absolute Gasteiger partial charge is 0.128 e. The monoisotopic (exact) mass is 228 g/mol. The predicted octanol–water partition coefficient (Wildman–Crippen LogP) is 2.34. The summed E-state index contributed by atoms with van der Waals surface area (Å²) in [6.07, 6.45) is 0.657. The van der Waals surface area contributed by atoms with Crippen molar-refractivity contribution >= 4 is 0 Å². The number of halogens is 2. The van der Waals surface area contributed by atoms with Crippen LogP contribution in [-0.4, -0.2) is 6.54 Å². The molecule has 0 radical (unpaired) electrons. The first-order valence-corrected chi connectivity index (χ1v) is 5.29. The van der Waals surface area contributed by atoms with E-state index < -0.39 is 17.7 Å². The fourth-order valence-corrected chi connectivity index (χ4v) is 1.70. The van der Waals surface area contributed by atoms with E-state index >= 15 is 0 Å². The minimum atomic E-state index is -0.563. The second kappa shape index (κ2) is 4.89. The molecule has 16 heavy (non-hydrogen) atoms. The lowest BCUT2D eigenvalue weighted by Gasteiger charge is -2.31. The topological polar surface area (TPSA) is 52.0 Å². The summed E-state index contributed by atoms with van der Waals surface area (Å²) < 4.78 is 26.5. The maximum absolute atomic E-state index is 13.5. The molecule has 0 amide bonds. The maximum atomic E-state index is 13.5. The molecule has 0 aromatic heterocycles. The van der Waals surface area contributed by atoms with Crippen LogP contribution in [0.2, 0.25) is 0 Å². The molecule has 4 heteroatoms. The zero-order valence-electron chi connectivity index (χ0n) is 9.63. The largest absolute Gasteiger partial charge is 0.330 e. The van der Waals surface area contributed by atoms with Gasteiger partial charge in [-0.05, 0) is 36.6 Å². The van der Waals surface area contributed by atoms with Crippen LogP contribution in [0.5, 0.6) is 0 Å². The van der Waals surface area contributed by atoms with E-state index in [4.69, 9.17) is 11.5 Å². The fraction of sp³-hybridized carbons (Fsp3) is 0.500. The quantitative estimate of drug-likeness (QED) is 0.831. The summed E-state index contributed by atoms with van der Waals surface area (Å²) >= 11 is 0. The summed E-state index contributed by atoms with van der Waals surface area (Å²) in [5.41, 5.74) is 11.3. The summed E-state index contributed by atoms with van der Waals surface area (Å²) in [6.45, 7) is 4.27. The van der Waals surface area contributed by atoms with Gasteiger partial charge < -0.3 is 11.5 Å². The van der Waals surface area contributed by atoms with Crippen LogP contribution in [0, 0.1) is 17.0 Å². The van der Waals surface area contributed by atoms with Crippen molar-refractivity contribution in [3.8, 4) is 0 Å². The van der Waals surface area contributed by atoms with Gasteiger partial charge in [-0.25, -0.2) is 8.78 Å². The van der Waals surface area contributed by atoms with E-state index in [1.165, 1.54) is 0 Å². The number of rotatable bonds is 4. The molecule has 1 atom stereocenters. The average Bonchev–Trinajstić information content (AvgIpc) is 2.20. The molecule has 0 heterocycles. The van der Waals surface area contributed by atoms with Gasteiger partial charge in [0.25, 0.3) is 0 Å². The second-order valence-electron chi connectivity index (χ2n) is 4.67. The molecule has 0 aliphatic carbocycles. The lowest BCUT2D eigenvalue weighted by atomic mass is 9.78. The van der Waals surface area contributed by atoms with E-state index in [0.717, 1.165) is 18.2 Å². The Kier molecular flexibility index (Phi) is 3.99. The molecular formula is C12H18F2N2. The van der Waals surface area contributed by atoms with Gasteiger partial charge in [0.15, 0.2) is 0 Å². The minimum Gasteiger partial charge on any atom is -0.330 e. The molecular weight excluding hydrogens is 210 g/mol.